The number of ether oxygens (including phenoxy) is 1. The van der Waals surface area contributed by atoms with Gasteiger partial charge in [-0.25, -0.2) is 0 Å². The summed E-state index contributed by atoms with van der Waals surface area (Å²) in [5.74, 6) is 0.766. The van der Waals surface area contributed by atoms with Gasteiger partial charge in [0.2, 0.25) is 0 Å². The lowest BCUT2D eigenvalue weighted by Crippen LogP contribution is -2.17. The normalized spacial score (nSPS) is 10.5. The Balaban J connectivity index is 2.13. The molecule has 0 aliphatic rings. The Bertz CT molecular complexity index is 930. The Morgan fingerprint density at radius 1 is 1.13 bits per heavy atom. The Morgan fingerprint density at radius 2 is 1.83 bits per heavy atom. The van der Waals surface area contributed by atoms with Gasteiger partial charge in [-0.05, 0) is 54.2 Å². The predicted octanol–water partition coefficient (Wildman–Crippen LogP) is 4.96. The highest BCUT2D eigenvalue weighted by atomic mass is 35.5. The molecule has 0 bridgehead atoms. The van der Waals surface area contributed by atoms with Crippen molar-refractivity contribution in [3.63, 3.8) is 0 Å². The van der Waals surface area contributed by atoms with Crippen LogP contribution in [0.25, 0.3) is 16.1 Å². The maximum absolute atomic E-state index is 12.5. The fraction of sp³-hybridized carbons (Fsp3) is 0.0588. The molecule has 116 valence electrons. The van der Waals surface area contributed by atoms with Gasteiger partial charge in [-0.3, -0.25) is 9.36 Å². The third-order valence-electron chi connectivity index (χ3n) is 3.32. The van der Waals surface area contributed by atoms with Crippen LogP contribution in [0.5, 0.6) is 5.75 Å². The lowest BCUT2D eigenvalue weighted by Gasteiger charge is -2.09. The van der Waals surface area contributed by atoms with E-state index in [0.29, 0.717) is 14.7 Å². The molecule has 0 aliphatic heterocycles. The van der Waals surface area contributed by atoms with Crippen LogP contribution >= 0.6 is 35.2 Å². The highest BCUT2D eigenvalue weighted by Gasteiger charge is 2.09. The van der Waals surface area contributed by atoms with Crippen molar-refractivity contribution in [3.05, 3.63) is 73.9 Å². The summed E-state index contributed by atoms with van der Waals surface area (Å²) >= 11 is 13.0. The van der Waals surface area contributed by atoms with Crippen LogP contribution in [0.3, 0.4) is 0 Å². The minimum Gasteiger partial charge on any atom is -0.497 e. The van der Waals surface area contributed by atoms with Gasteiger partial charge in [-0.1, -0.05) is 23.7 Å². The predicted molar refractivity (Wildman–Crippen MR) is 97.7 cm³/mol. The second-order valence-electron chi connectivity index (χ2n) is 4.73. The van der Waals surface area contributed by atoms with Crippen molar-refractivity contribution < 1.29 is 4.74 Å². The number of methoxy groups -OCH3 is 1. The number of hydrogen-bond acceptors (Lipinski definition) is 4. The molecule has 0 saturated heterocycles. The summed E-state index contributed by atoms with van der Waals surface area (Å²) in [6, 6.07) is 16.2. The average molecular weight is 362 g/mol. The average Bonchev–Trinajstić information content (AvgIpc) is 2.56. The topological polar surface area (TPSA) is 31.2 Å². The molecule has 3 nitrogen and oxygen atoms in total. The summed E-state index contributed by atoms with van der Waals surface area (Å²) in [6.07, 6.45) is 0. The van der Waals surface area contributed by atoms with Gasteiger partial charge in [0.15, 0.2) is 3.95 Å². The molecule has 2 aromatic carbocycles. The molecule has 0 spiro atoms. The minimum absolute atomic E-state index is 0.201. The molecule has 3 rings (SSSR count). The van der Waals surface area contributed by atoms with E-state index in [0.717, 1.165) is 16.2 Å². The van der Waals surface area contributed by atoms with Gasteiger partial charge in [0.25, 0.3) is 5.56 Å². The molecule has 0 fully saturated rings. The van der Waals surface area contributed by atoms with E-state index in [9.17, 15) is 4.79 Å². The number of nitrogens with zero attached hydrogens (tertiary/aromatic N) is 1. The maximum atomic E-state index is 12.5. The molecule has 0 unspecified atom stereocenters. The zero-order chi connectivity index (χ0) is 16.4. The zero-order valence-electron chi connectivity index (χ0n) is 12.2. The molecule has 0 atom stereocenters. The molecule has 6 heteroatoms. The zero-order valence-corrected chi connectivity index (χ0v) is 14.5. The molecular weight excluding hydrogens is 350 g/mol. The van der Waals surface area contributed by atoms with Crippen molar-refractivity contribution in [2.45, 2.75) is 0 Å². The van der Waals surface area contributed by atoms with Gasteiger partial charge in [0.1, 0.15) is 5.75 Å². The number of benzene rings is 2. The first-order valence-electron chi connectivity index (χ1n) is 6.76. The molecule has 0 N–H and O–H groups in total. The summed E-state index contributed by atoms with van der Waals surface area (Å²) in [6.45, 7) is 0. The van der Waals surface area contributed by atoms with Crippen molar-refractivity contribution in [1.82, 2.24) is 4.57 Å². The van der Waals surface area contributed by atoms with Crippen LogP contribution in [0.1, 0.15) is 0 Å². The summed E-state index contributed by atoms with van der Waals surface area (Å²) in [7, 11) is 1.61. The molecule has 3 aromatic rings. The fourth-order valence-corrected chi connectivity index (χ4v) is 3.74. The number of aromatic nitrogens is 1. The third kappa shape index (κ3) is 3.22. The minimum atomic E-state index is -0.201. The van der Waals surface area contributed by atoms with E-state index >= 15 is 0 Å². The summed E-state index contributed by atoms with van der Waals surface area (Å²) in [5, 5.41) is 0.491. The van der Waals surface area contributed by atoms with Crippen LogP contribution in [-0.2, 0) is 0 Å². The Morgan fingerprint density at radius 3 is 2.43 bits per heavy atom. The van der Waals surface area contributed by atoms with Crippen LogP contribution in [-0.4, -0.2) is 11.7 Å². The second kappa shape index (κ2) is 6.66. The van der Waals surface area contributed by atoms with Gasteiger partial charge in [-0.15, -0.1) is 11.3 Å². The molecule has 0 radical (unpaired) electrons. The first kappa shape index (κ1) is 15.9. The van der Waals surface area contributed by atoms with E-state index < -0.39 is 0 Å². The molecule has 23 heavy (non-hydrogen) atoms. The molecular formula is C17H12ClNO2S2. The molecule has 0 saturated carbocycles. The molecule has 1 aromatic heterocycles. The van der Waals surface area contributed by atoms with Crippen LogP contribution < -0.4 is 10.3 Å². The van der Waals surface area contributed by atoms with Crippen LogP contribution in [0.15, 0.2) is 59.4 Å². The van der Waals surface area contributed by atoms with Crippen LogP contribution in [0.4, 0.5) is 0 Å². The Labute approximate surface area is 147 Å². The van der Waals surface area contributed by atoms with Crippen LogP contribution in [0, 0.1) is 3.95 Å². The van der Waals surface area contributed by atoms with E-state index in [1.165, 1.54) is 15.9 Å². The largest absolute Gasteiger partial charge is 0.497 e. The monoisotopic (exact) mass is 361 g/mol. The van der Waals surface area contributed by atoms with Crippen molar-refractivity contribution in [3.8, 4) is 21.9 Å². The van der Waals surface area contributed by atoms with Gasteiger partial charge in [0, 0.05) is 10.9 Å². The van der Waals surface area contributed by atoms with Crippen molar-refractivity contribution in [1.29, 1.82) is 0 Å². The van der Waals surface area contributed by atoms with Gasteiger partial charge in [-0.2, -0.15) is 0 Å². The lowest BCUT2D eigenvalue weighted by molar-refractivity contribution is 0.415. The highest BCUT2D eigenvalue weighted by molar-refractivity contribution is 7.73. The van der Waals surface area contributed by atoms with E-state index in [4.69, 9.17) is 28.6 Å². The number of para-hydroxylation sites is 1. The maximum Gasteiger partial charge on any atom is 0.258 e. The summed E-state index contributed by atoms with van der Waals surface area (Å²) in [4.78, 5) is 13.3. The third-order valence-corrected chi connectivity index (χ3v) is 5.01. The molecule has 0 aliphatic carbocycles. The first-order chi connectivity index (χ1) is 11.1. The van der Waals surface area contributed by atoms with E-state index in [2.05, 4.69) is 0 Å². The summed E-state index contributed by atoms with van der Waals surface area (Å²) in [5.41, 5.74) is 1.32. The van der Waals surface area contributed by atoms with E-state index in [1.807, 2.05) is 36.4 Å². The highest BCUT2D eigenvalue weighted by Crippen LogP contribution is 2.27. The Hall–Kier alpha value is -1.95. The fourth-order valence-electron chi connectivity index (χ4n) is 2.18. The standard InChI is InChI=1S/C17H12ClNO2S2/c1-21-12-8-6-11(7-9-12)15-10-16(20)19(17(22)23-15)14-5-3-2-4-13(14)18/h2-10H,1H3. The molecule has 0 amide bonds. The number of hydrogen-bond donors (Lipinski definition) is 0. The van der Waals surface area contributed by atoms with Gasteiger partial charge in [0.05, 0.1) is 17.8 Å². The Kier molecular flexibility index (Phi) is 4.61. The van der Waals surface area contributed by atoms with Crippen LogP contribution in [0.2, 0.25) is 5.02 Å². The smallest absolute Gasteiger partial charge is 0.258 e. The van der Waals surface area contributed by atoms with Crippen molar-refractivity contribution in [2.75, 3.05) is 7.11 Å². The molecule has 1 heterocycles. The van der Waals surface area contributed by atoms with E-state index in [-0.39, 0.29) is 5.56 Å². The number of rotatable bonds is 3. The van der Waals surface area contributed by atoms with Crippen molar-refractivity contribution >= 4 is 35.2 Å². The van der Waals surface area contributed by atoms with Crippen molar-refractivity contribution in [2.24, 2.45) is 0 Å². The van der Waals surface area contributed by atoms with E-state index in [1.54, 1.807) is 25.3 Å². The van der Waals surface area contributed by atoms with Gasteiger partial charge >= 0.3 is 0 Å². The first-order valence-corrected chi connectivity index (χ1v) is 8.37. The quantitative estimate of drug-likeness (QED) is 0.618. The number of halogens is 1. The lowest BCUT2D eigenvalue weighted by atomic mass is 10.2. The SMILES string of the molecule is COc1ccc(-c2cc(=O)n(-c3ccccc3Cl)c(=S)s2)cc1. The second-order valence-corrected chi connectivity index (χ2v) is 6.81. The van der Waals surface area contributed by atoms with Gasteiger partial charge < -0.3 is 4.74 Å². The summed E-state index contributed by atoms with van der Waals surface area (Å²) < 4.78 is 7.05.